The van der Waals surface area contributed by atoms with E-state index >= 15 is 0 Å². The van der Waals surface area contributed by atoms with Gasteiger partial charge in [-0.25, -0.2) is 4.98 Å². The Morgan fingerprint density at radius 1 is 1.47 bits per heavy atom. The zero-order valence-electron chi connectivity index (χ0n) is 11.4. The third kappa shape index (κ3) is 3.26. The molecule has 0 bridgehead atoms. The van der Waals surface area contributed by atoms with Gasteiger partial charge in [-0.3, -0.25) is 0 Å². The fourth-order valence-electron chi connectivity index (χ4n) is 2.42. The van der Waals surface area contributed by atoms with E-state index < -0.39 is 0 Å². The van der Waals surface area contributed by atoms with Crippen LogP contribution in [0.1, 0.15) is 37.2 Å². The Morgan fingerprint density at radius 3 is 3.11 bits per heavy atom. The molecule has 2 heterocycles. The molecule has 1 N–H and O–H groups in total. The van der Waals surface area contributed by atoms with Crippen LogP contribution in [0.2, 0.25) is 0 Å². The predicted molar refractivity (Wildman–Crippen MR) is 73.8 cm³/mol. The summed E-state index contributed by atoms with van der Waals surface area (Å²) in [4.78, 5) is 4.03. The van der Waals surface area contributed by atoms with Gasteiger partial charge in [-0.1, -0.05) is 6.92 Å². The molecule has 0 aromatic carbocycles. The molecule has 0 saturated heterocycles. The quantitative estimate of drug-likeness (QED) is 0.777. The van der Waals surface area contributed by atoms with Crippen molar-refractivity contribution in [3.8, 4) is 0 Å². The Balaban J connectivity index is 1.34. The van der Waals surface area contributed by atoms with E-state index in [9.17, 15) is 0 Å². The molecule has 4 nitrogen and oxygen atoms in total. The number of aromatic nitrogens is 2. The van der Waals surface area contributed by atoms with Gasteiger partial charge in [0.25, 0.3) is 0 Å². The Morgan fingerprint density at radius 2 is 2.37 bits per heavy atom. The van der Waals surface area contributed by atoms with Gasteiger partial charge in [0.1, 0.15) is 11.5 Å². The molecule has 1 aliphatic carbocycles. The molecule has 0 spiro atoms. The van der Waals surface area contributed by atoms with Crippen LogP contribution in [0.15, 0.2) is 35.3 Å². The molecule has 1 aliphatic rings. The van der Waals surface area contributed by atoms with Crippen molar-refractivity contribution in [2.24, 2.45) is 5.92 Å². The standard InChI is InChI=1S/C15H21N3O/c1-12-9-14(12)15-4-3-13(19-15)10-16-5-2-7-18-8-6-17-11-18/h3-4,6,8,11-12,14,16H,2,5,7,9-10H2,1H3. The number of furan rings is 1. The van der Waals surface area contributed by atoms with E-state index in [1.54, 1.807) is 0 Å². The zero-order valence-corrected chi connectivity index (χ0v) is 11.4. The normalized spacial score (nSPS) is 21.7. The summed E-state index contributed by atoms with van der Waals surface area (Å²) in [5.74, 6) is 3.71. The van der Waals surface area contributed by atoms with Crippen LogP contribution >= 0.6 is 0 Å². The summed E-state index contributed by atoms with van der Waals surface area (Å²) >= 11 is 0. The van der Waals surface area contributed by atoms with Crippen molar-refractivity contribution in [1.29, 1.82) is 0 Å². The van der Waals surface area contributed by atoms with Crippen LogP contribution in [-0.4, -0.2) is 16.1 Å². The second-order valence-corrected chi connectivity index (χ2v) is 5.45. The first-order valence-electron chi connectivity index (χ1n) is 7.08. The summed E-state index contributed by atoms with van der Waals surface area (Å²) in [6.07, 6.45) is 8.05. The SMILES string of the molecule is CC1CC1c1ccc(CNCCCn2ccnc2)o1. The summed E-state index contributed by atoms with van der Waals surface area (Å²) in [6, 6.07) is 4.24. The highest BCUT2D eigenvalue weighted by atomic mass is 16.3. The van der Waals surface area contributed by atoms with E-state index in [1.165, 1.54) is 12.2 Å². The van der Waals surface area contributed by atoms with Crippen molar-refractivity contribution in [3.05, 3.63) is 42.4 Å². The molecular formula is C15H21N3O. The van der Waals surface area contributed by atoms with Gasteiger partial charge in [-0.2, -0.15) is 0 Å². The van der Waals surface area contributed by atoms with Crippen molar-refractivity contribution in [3.63, 3.8) is 0 Å². The van der Waals surface area contributed by atoms with Crippen LogP contribution in [0.4, 0.5) is 0 Å². The highest BCUT2D eigenvalue weighted by molar-refractivity contribution is 5.17. The van der Waals surface area contributed by atoms with Crippen LogP contribution in [0, 0.1) is 5.92 Å². The molecule has 1 fully saturated rings. The van der Waals surface area contributed by atoms with E-state index in [0.717, 1.165) is 37.7 Å². The van der Waals surface area contributed by atoms with E-state index in [2.05, 4.69) is 33.9 Å². The summed E-state index contributed by atoms with van der Waals surface area (Å²) in [5.41, 5.74) is 0. The average molecular weight is 259 g/mol. The molecule has 2 unspecified atom stereocenters. The molecule has 102 valence electrons. The fraction of sp³-hybridized carbons (Fsp3) is 0.533. The first kappa shape index (κ1) is 12.5. The Labute approximate surface area is 113 Å². The summed E-state index contributed by atoms with van der Waals surface area (Å²) in [7, 11) is 0. The molecule has 4 heteroatoms. The molecule has 0 aliphatic heterocycles. The van der Waals surface area contributed by atoms with Gasteiger partial charge in [0.05, 0.1) is 12.9 Å². The maximum Gasteiger partial charge on any atom is 0.117 e. The summed E-state index contributed by atoms with van der Waals surface area (Å²) in [6.45, 7) is 5.11. The minimum absolute atomic E-state index is 0.676. The minimum Gasteiger partial charge on any atom is -0.464 e. The number of imidazole rings is 1. The maximum absolute atomic E-state index is 5.85. The molecule has 1 saturated carbocycles. The van der Waals surface area contributed by atoms with E-state index in [-0.39, 0.29) is 0 Å². The second kappa shape index (κ2) is 5.61. The third-order valence-corrected chi connectivity index (χ3v) is 3.79. The number of rotatable bonds is 7. The second-order valence-electron chi connectivity index (χ2n) is 5.45. The van der Waals surface area contributed by atoms with Gasteiger partial charge in [0.15, 0.2) is 0 Å². The maximum atomic E-state index is 5.85. The first-order chi connectivity index (χ1) is 9.33. The van der Waals surface area contributed by atoms with Gasteiger partial charge in [-0.15, -0.1) is 0 Å². The van der Waals surface area contributed by atoms with E-state index in [1.807, 2.05) is 18.7 Å². The number of hydrogen-bond donors (Lipinski definition) is 1. The molecule has 0 amide bonds. The van der Waals surface area contributed by atoms with Gasteiger partial charge >= 0.3 is 0 Å². The topological polar surface area (TPSA) is 43.0 Å². The monoisotopic (exact) mass is 259 g/mol. The third-order valence-electron chi connectivity index (χ3n) is 3.79. The van der Waals surface area contributed by atoms with Crippen LogP contribution < -0.4 is 5.32 Å². The molecule has 2 aromatic rings. The smallest absolute Gasteiger partial charge is 0.117 e. The highest BCUT2D eigenvalue weighted by Gasteiger charge is 2.36. The van der Waals surface area contributed by atoms with Crippen LogP contribution in [-0.2, 0) is 13.1 Å². The average Bonchev–Trinajstić information content (AvgIpc) is 2.88. The molecule has 2 atom stereocenters. The molecular weight excluding hydrogens is 238 g/mol. The number of nitrogens with one attached hydrogen (secondary N) is 1. The lowest BCUT2D eigenvalue weighted by Gasteiger charge is -2.03. The van der Waals surface area contributed by atoms with Gasteiger partial charge < -0.3 is 14.3 Å². The van der Waals surface area contributed by atoms with E-state index in [4.69, 9.17) is 4.42 Å². The largest absolute Gasteiger partial charge is 0.464 e. The van der Waals surface area contributed by atoms with Gasteiger partial charge in [-0.05, 0) is 37.4 Å². The van der Waals surface area contributed by atoms with Crippen molar-refractivity contribution < 1.29 is 4.42 Å². The Hall–Kier alpha value is -1.55. The molecule has 2 aromatic heterocycles. The minimum atomic E-state index is 0.676. The van der Waals surface area contributed by atoms with Crippen molar-refractivity contribution in [1.82, 2.24) is 14.9 Å². The summed E-state index contributed by atoms with van der Waals surface area (Å²) < 4.78 is 7.95. The lowest BCUT2D eigenvalue weighted by Crippen LogP contribution is -2.15. The van der Waals surface area contributed by atoms with E-state index in [0.29, 0.717) is 5.92 Å². The Bertz CT molecular complexity index is 503. The number of nitrogens with zero attached hydrogens (tertiary/aromatic N) is 2. The van der Waals surface area contributed by atoms with Crippen LogP contribution in [0.3, 0.4) is 0 Å². The molecule has 19 heavy (non-hydrogen) atoms. The highest BCUT2D eigenvalue weighted by Crippen LogP contribution is 2.47. The van der Waals surface area contributed by atoms with Crippen molar-refractivity contribution in [2.45, 2.75) is 38.8 Å². The van der Waals surface area contributed by atoms with Gasteiger partial charge in [0, 0.05) is 24.9 Å². The Kier molecular flexibility index (Phi) is 3.69. The molecule has 3 rings (SSSR count). The first-order valence-corrected chi connectivity index (χ1v) is 7.08. The lowest BCUT2D eigenvalue weighted by molar-refractivity contribution is 0.441. The zero-order chi connectivity index (χ0) is 13.1. The van der Waals surface area contributed by atoms with Crippen LogP contribution in [0.5, 0.6) is 0 Å². The lowest BCUT2D eigenvalue weighted by atomic mass is 10.3. The van der Waals surface area contributed by atoms with Gasteiger partial charge in [0.2, 0.25) is 0 Å². The predicted octanol–water partition coefficient (Wildman–Crippen LogP) is 2.78. The summed E-state index contributed by atoms with van der Waals surface area (Å²) in [5, 5.41) is 3.42. The number of hydrogen-bond acceptors (Lipinski definition) is 3. The number of aryl methyl sites for hydroxylation is 1. The van der Waals surface area contributed by atoms with Crippen LogP contribution in [0.25, 0.3) is 0 Å². The van der Waals surface area contributed by atoms with Crippen molar-refractivity contribution in [2.75, 3.05) is 6.54 Å². The molecule has 0 radical (unpaired) electrons. The van der Waals surface area contributed by atoms with Crippen molar-refractivity contribution >= 4 is 0 Å². The fourth-order valence-corrected chi connectivity index (χ4v) is 2.42.